The van der Waals surface area contributed by atoms with Gasteiger partial charge in [-0.1, -0.05) is 110 Å². The molecule has 2 nitrogen and oxygen atoms in total. The van der Waals surface area contributed by atoms with Crippen molar-refractivity contribution in [3.05, 3.63) is 58.7 Å². The molecular weight excluding hydrogens is 424 g/mol. The molecule has 0 aliphatic carbocycles. The van der Waals surface area contributed by atoms with E-state index in [1.54, 1.807) is 0 Å². The van der Waals surface area contributed by atoms with Gasteiger partial charge in [0.05, 0.1) is 19.3 Å². The van der Waals surface area contributed by atoms with Crippen LogP contribution in [0.3, 0.4) is 0 Å². The summed E-state index contributed by atoms with van der Waals surface area (Å²) in [5.74, 6) is 0.834. The van der Waals surface area contributed by atoms with Crippen LogP contribution in [0.25, 0.3) is 22.3 Å². The zero-order valence-corrected chi connectivity index (χ0v) is 20.4. The van der Waals surface area contributed by atoms with E-state index in [0.717, 1.165) is 27.4 Å². The Hall–Kier alpha value is -1.52. The summed E-state index contributed by atoms with van der Waals surface area (Å²) in [6.45, 7) is 14.5. The van der Waals surface area contributed by atoms with E-state index >= 15 is 0 Å². The molecule has 1 heterocycles. The van der Waals surface area contributed by atoms with E-state index in [1.165, 1.54) is 11.1 Å². The molecule has 0 atom stereocenters. The third-order valence-electron chi connectivity index (χ3n) is 6.48. The molecule has 0 amide bonds. The van der Waals surface area contributed by atoms with Crippen molar-refractivity contribution in [2.45, 2.75) is 64.2 Å². The smallest absolute Gasteiger partial charge is 0.160 e. The lowest BCUT2D eigenvalue weighted by Crippen LogP contribution is -2.47. The molecule has 0 saturated heterocycles. The Labute approximate surface area is 179 Å². The first-order valence-electron chi connectivity index (χ1n) is 10.3. The van der Waals surface area contributed by atoms with Crippen LogP contribution in [-0.4, -0.2) is 18.0 Å². The Kier molecular flexibility index (Phi) is 6.40. The van der Waals surface area contributed by atoms with Gasteiger partial charge in [0.25, 0.3) is 0 Å². The molecule has 0 fully saturated rings. The minimum absolute atomic E-state index is 0.695. The van der Waals surface area contributed by atoms with Gasteiger partial charge < -0.3 is 0 Å². The van der Waals surface area contributed by atoms with Crippen molar-refractivity contribution in [2.24, 2.45) is 0 Å². The third-order valence-corrected chi connectivity index (χ3v) is 14.5. The van der Waals surface area contributed by atoms with Crippen LogP contribution in [0.5, 0.6) is 0 Å². The third kappa shape index (κ3) is 3.81. The second kappa shape index (κ2) is 8.46. The molecule has 1 aromatic heterocycles. The maximum absolute atomic E-state index is 5.16. The van der Waals surface area contributed by atoms with Gasteiger partial charge in [0.15, 0.2) is 5.82 Å². The van der Waals surface area contributed by atoms with Gasteiger partial charge in [-0.15, -0.1) is 0 Å². The molecule has 0 aliphatic rings. The van der Waals surface area contributed by atoms with E-state index in [-0.39, 0.29) is 0 Å². The molecule has 28 heavy (non-hydrogen) atoms. The number of fused-ring (bicyclic) bond motifs is 1. The monoisotopic (exact) mass is 454 g/mol. The molecule has 0 saturated carbocycles. The largest absolute Gasteiger partial charge is 0.233 e. The Balaban J connectivity index is 2.26. The molecule has 0 radical (unpaired) electrons. The first-order chi connectivity index (χ1) is 13.3. The molecule has 0 spiro atoms. The summed E-state index contributed by atoms with van der Waals surface area (Å²) in [5.41, 5.74) is 5.40. The zero-order valence-electron chi connectivity index (χ0n) is 17.8. The SMILES string of the molecule is CC(C)[Si](Cc1nc(-c2ccccc2)nc2cccc(Br)c12)(C(C)C)C(C)C. The molecule has 3 rings (SSSR count). The Bertz CT molecular complexity index is 930. The molecule has 2 aromatic carbocycles. The number of hydrogen-bond acceptors (Lipinski definition) is 2. The minimum Gasteiger partial charge on any atom is -0.233 e. The molecule has 0 N–H and O–H groups in total. The second-order valence-corrected chi connectivity index (χ2v) is 15.6. The van der Waals surface area contributed by atoms with Crippen LogP contribution in [0.2, 0.25) is 16.6 Å². The number of rotatable bonds is 6. The highest BCUT2D eigenvalue weighted by Crippen LogP contribution is 2.44. The maximum atomic E-state index is 5.16. The highest BCUT2D eigenvalue weighted by atomic mass is 79.9. The summed E-state index contributed by atoms with van der Waals surface area (Å²) in [7, 11) is -1.64. The highest BCUT2D eigenvalue weighted by molar-refractivity contribution is 9.10. The van der Waals surface area contributed by atoms with Crippen LogP contribution in [0.15, 0.2) is 53.0 Å². The van der Waals surface area contributed by atoms with Crippen molar-refractivity contribution in [2.75, 3.05) is 0 Å². The molecular formula is C24H31BrN2Si. The van der Waals surface area contributed by atoms with Gasteiger partial charge in [-0.2, -0.15) is 0 Å². The van der Waals surface area contributed by atoms with Crippen molar-refractivity contribution < 1.29 is 0 Å². The van der Waals surface area contributed by atoms with E-state index in [2.05, 4.69) is 99.9 Å². The van der Waals surface area contributed by atoms with E-state index in [1.807, 2.05) is 6.07 Å². The summed E-state index contributed by atoms with van der Waals surface area (Å²) in [6.07, 6.45) is 0. The van der Waals surface area contributed by atoms with Crippen molar-refractivity contribution in [1.82, 2.24) is 9.97 Å². The summed E-state index contributed by atoms with van der Waals surface area (Å²) >= 11 is 3.78. The van der Waals surface area contributed by atoms with E-state index in [0.29, 0.717) is 16.6 Å². The normalized spacial score (nSPS) is 12.5. The summed E-state index contributed by atoms with van der Waals surface area (Å²) in [5, 5.41) is 1.18. The second-order valence-electron chi connectivity index (χ2n) is 8.75. The average Bonchev–Trinajstić information content (AvgIpc) is 2.65. The molecule has 3 aromatic rings. The fraction of sp³-hybridized carbons (Fsp3) is 0.417. The first-order valence-corrected chi connectivity index (χ1v) is 13.5. The number of benzene rings is 2. The van der Waals surface area contributed by atoms with Crippen molar-refractivity contribution >= 4 is 34.9 Å². The fourth-order valence-corrected chi connectivity index (χ4v) is 11.6. The lowest BCUT2D eigenvalue weighted by atomic mass is 10.1. The Morgan fingerprint density at radius 2 is 1.39 bits per heavy atom. The minimum atomic E-state index is -1.64. The fourth-order valence-electron chi connectivity index (χ4n) is 4.96. The Morgan fingerprint density at radius 3 is 1.96 bits per heavy atom. The van der Waals surface area contributed by atoms with Crippen LogP contribution in [0.1, 0.15) is 47.2 Å². The molecule has 0 bridgehead atoms. The van der Waals surface area contributed by atoms with Gasteiger partial charge in [-0.05, 0) is 18.2 Å². The van der Waals surface area contributed by atoms with Gasteiger partial charge >= 0.3 is 0 Å². The number of nitrogens with zero attached hydrogens (tertiary/aromatic N) is 2. The van der Waals surface area contributed by atoms with Gasteiger partial charge in [-0.3, -0.25) is 0 Å². The van der Waals surface area contributed by atoms with Crippen LogP contribution in [0, 0.1) is 0 Å². The number of aromatic nitrogens is 2. The summed E-state index contributed by atoms with van der Waals surface area (Å²) in [4.78, 5) is 10.1. The van der Waals surface area contributed by atoms with Crippen LogP contribution < -0.4 is 0 Å². The Morgan fingerprint density at radius 1 is 0.786 bits per heavy atom. The predicted molar refractivity (Wildman–Crippen MR) is 127 cm³/mol. The predicted octanol–water partition coefficient (Wildman–Crippen LogP) is 7.82. The van der Waals surface area contributed by atoms with Crippen LogP contribution in [-0.2, 0) is 6.04 Å². The average molecular weight is 456 g/mol. The highest BCUT2D eigenvalue weighted by Gasteiger charge is 2.43. The van der Waals surface area contributed by atoms with Gasteiger partial charge in [-0.25, -0.2) is 9.97 Å². The van der Waals surface area contributed by atoms with E-state index < -0.39 is 8.07 Å². The van der Waals surface area contributed by atoms with Gasteiger partial charge in [0.2, 0.25) is 0 Å². The molecule has 0 aliphatic heterocycles. The summed E-state index contributed by atoms with van der Waals surface area (Å²) in [6, 6.07) is 17.7. The summed E-state index contributed by atoms with van der Waals surface area (Å²) < 4.78 is 1.10. The van der Waals surface area contributed by atoms with E-state index in [4.69, 9.17) is 9.97 Å². The van der Waals surface area contributed by atoms with Crippen LogP contribution in [0.4, 0.5) is 0 Å². The van der Waals surface area contributed by atoms with Crippen molar-refractivity contribution in [3.63, 3.8) is 0 Å². The van der Waals surface area contributed by atoms with Crippen LogP contribution >= 0.6 is 15.9 Å². The lowest BCUT2D eigenvalue weighted by Gasteiger charge is -2.43. The lowest BCUT2D eigenvalue weighted by molar-refractivity contribution is 0.793. The molecule has 0 unspecified atom stereocenters. The quantitative estimate of drug-likeness (QED) is 0.354. The number of hydrogen-bond donors (Lipinski definition) is 0. The van der Waals surface area contributed by atoms with Gasteiger partial charge in [0.1, 0.15) is 0 Å². The van der Waals surface area contributed by atoms with Gasteiger partial charge in [0, 0.05) is 15.4 Å². The zero-order chi connectivity index (χ0) is 20.5. The standard InChI is InChI=1S/C24H31BrN2Si/c1-16(2)28(17(3)4,18(5)6)15-22-23-20(25)13-10-14-21(23)26-24(27-22)19-11-8-7-9-12-19/h7-14,16-18H,15H2,1-6H3. The molecule has 148 valence electrons. The van der Waals surface area contributed by atoms with Crippen molar-refractivity contribution in [3.8, 4) is 11.4 Å². The number of halogens is 1. The maximum Gasteiger partial charge on any atom is 0.160 e. The molecule has 4 heteroatoms. The van der Waals surface area contributed by atoms with E-state index in [9.17, 15) is 0 Å². The first kappa shape index (κ1) is 21.2. The van der Waals surface area contributed by atoms with Crippen molar-refractivity contribution in [1.29, 1.82) is 0 Å². The topological polar surface area (TPSA) is 25.8 Å².